The molecule has 0 spiro atoms. The minimum atomic E-state index is -0.759. The fourth-order valence-corrected chi connectivity index (χ4v) is 1.25. The molecule has 0 rings (SSSR count). The Hall–Kier alpha value is -1.26. The van der Waals surface area contributed by atoms with Gasteiger partial charge < -0.3 is 10.6 Å². The molecular formula is C8H16N2O3. The third kappa shape index (κ3) is 3.31. The lowest BCUT2D eigenvalue weighted by atomic mass is 9.99. The van der Waals surface area contributed by atoms with Crippen LogP contribution in [0.1, 0.15) is 33.6 Å². The molecule has 76 valence electrons. The highest BCUT2D eigenvalue weighted by Gasteiger charge is 2.30. The van der Waals surface area contributed by atoms with Crippen molar-refractivity contribution in [2.75, 3.05) is 0 Å². The lowest BCUT2D eigenvalue weighted by molar-refractivity contribution is -0.179. The van der Waals surface area contributed by atoms with Crippen molar-refractivity contribution in [1.82, 2.24) is 5.06 Å². The van der Waals surface area contributed by atoms with Crippen LogP contribution in [0, 0.1) is 0 Å². The summed E-state index contributed by atoms with van der Waals surface area (Å²) in [5.41, 5.74) is 4.49. The summed E-state index contributed by atoms with van der Waals surface area (Å²) in [7, 11) is 0. The first kappa shape index (κ1) is 11.7. The molecule has 0 aromatic carbocycles. The number of amides is 2. The van der Waals surface area contributed by atoms with E-state index in [1.165, 1.54) is 0 Å². The minimum absolute atomic E-state index is 0.197. The van der Waals surface area contributed by atoms with Gasteiger partial charge >= 0.3 is 12.5 Å². The molecule has 0 aliphatic carbocycles. The van der Waals surface area contributed by atoms with Crippen molar-refractivity contribution in [2.45, 2.75) is 39.2 Å². The highest BCUT2D eigenvalue weighted by Crippen LogP contribution is 2.20. The topological polar surface area (TPSA) is 72.6 Å². The summed E-state index contributed by atoms with van der Waals surface area (Å²) in [6.07, 6.45) is 1.59. The molecule has 0 saturated carbocycles. The Morgan fingerprint density at radius 3 is 2.46 bits per heavy atom. The van der Waals surface area contributed by atoms with Gasteiger partial charge in [-0.25, -0.2) is 4.79 Å². The number of primary amides is 1. The Morgan fingerprint density at radius 2 is 2.15 bits per heavy atom. The first-order chi connectivity index (χ1) is 5.95. The Balaban J connectivity index is 4.50. The summed E-state index contributed by atoms with van der Waals surface area (Å²) in [4.78, 5) is 25.5. The van der Waals surface area contributed by atoms with Crippen LogP contribution in [0.25, 0.3) is 0 Å². The van der Waals surface area contributed by atoms with Crippen LogP contribution in [0.3, 0.4) is 0 Å². The van der Waals surface area contributed by atoms with Crippen LogP contribution in [0.2, 0.25) is 0 Å². The van der Waals surface area contributed by atoms with Gasteiger partial charge in [-0.15, -0.1) is 5.06 Å². The fourth-order valence-electron chi connectivity index (χ4n) is 1.25. The summed E-state index contributed by atoms with van der Waals surface area (Å²) in [5.74, 6) is 0. The van der Waals surface area contributed by atoms with Crippen molar-refractivity contribution in [1.29, 1.82) is 0 Å². The van der Waals surface area contributed by atoms with Crippen LogP contribution in [-0.2, 0) is 9.63 Å². The Bertz CT molecular complexity index is 192. The predicted molar refractivity (Wildman–Crippen MR) is 47.6 cm³/mol. The van der Waals surface area contributed by atoms with Crippen molar-refractivity contribution in [3.8, 4) is 0 Å². The van der Waals surface area contributed by atoms with Crippen molar-refractivity contribution >= 4 is 12.5 Å². The summed E-state index contributed by atoms with van der Waals surface area (Å²) in [6.45, 7) is 5.74. The molecule has 13 heavy (non-hydrogen) atoms. The van der Waals surface area contributed by atoms with Gasteiger partial charge in [-0.05, 0) is 20.3 Å². The van der Waals surface area contributed by atoms with E-state index in [1.54, 1.807) is 13.8 Å². The maximum absolute atomic E-state index is 10.9. The highest BCUT2D eigenvalue weighted by atomic mass is 16.7. The van der Waals surface area contributed by atoms with Crippen molar-refractivity contribution in [2.24, 2.45) is 5.73 Å². The van der Waals surface area contributed by atoms with Gasteiger partial charge in [0, 0.05) is 0 Å². The molecule has 0 saturated heterocycles. The monoisotopic (exact) mass is 188 g/mol. The zero-order valence-corrected chi connectivity index (χ0v) is 8.24. The second kappa shape index (κ2) is 4.69. The molecule has 0 atom stereocenters. The third-order valence-corrected chi connectivity index (χ3v) is 1.76. The maximum atomic E-state index is 10.9. The molecule has 5 nitrogen and oxygen atoms in total. The van der Waals surface area contributed by atoms with E-state index in [4.69, 9.17) is 5.73 Å². The number of rotatable bonds is 5. The van der Waals surface area contributed by atoms with Gasteiger partial charge in [0.15, 0.2) is 0 Å². The van der Waals surface area contributed by atoms with Gasteiger partial charge in [-0.3, -0.25) is 4.79 Å². The molecule has 0 aromatic heterocycles. The quantitative estimate of drug-likeness (QED) is 0.517. The van der Waals surface area contributed by atoms with E-state index in [-0.39, 0.29) is 6.47 Å². The first-order valence-electron chi connectivity index (χ1n) is 4.15. The molecule has 0 heterocycles. The van der Waals surface area contributed by atoms with Crippen LogP contribution in [0.5, 0.6) is 0 Å². The molecule has 0 unspecified atom stereocenters. The number of nitrogens with zero attached hydrogens (tertiary/aromatic N) is 1. The van der Waals surface area contributed by atoms with E-state index in [9.17, 15) is 9.59 Å². The maximum Gasteiger partial charge on any atom is 0.348 e. The molecule has 0 radical (unpaired) electrons. The van der Waals surface area contributed by atoms with Crippen molar-refractivity contribution in [3.63, 3.8) is 0 Å². The SMILES string of the molecule is CCCC(C)(C)N(OC=O)C(N)=O. The number of hydrogen-bond acceptors (Lipinski definition) is 3. The second-order valence-corrected chi connectivity index (χ2v) is 3.40. The van der Waals surface area contributed by atoms with Crippen LogP contribution in [-0.4, -0.2) is 23.1 Å². The Morgan fingerprint density at radius 1 is 1.62 bits per heavy atom. The van der Waals surface area contributed by atoms with E-state index < -0.39 is 11.6 Å². The molecule has 5 heteroatoms. The number of hydroxylamine groups is 2. The van der Waals surface area contributed by atoms with Gasteiger partial charge in [0.1, 0.15) is 0 Å². The van der Waals surface area contributed by atoms with Gasteiger partial charge in [0.05, 0.1) is 5.54 Å². The molecule has 0 aliphatic heterocycles. The first-order valence-corrected chi connectivity index (χ1v) is 4.15. The zero-order valence-electron chi connectivity index (χ0n) is 8.24. The Labute approximate surface area is 77.8 Å². The standard InChI is InChI=1S/C8H16N2O3/c1-4-5-8(2,3)10(7(9)12)13-6-11/h6H,4-5H2,1-3H3,(H2,9,12). The summed E-state index contributed by atoms with van der Waals surface area (Å²) >= 11 is 0. The summed E-state index contributed by atoms with van der Waals surface area (Å²) in [6, 6.07) is -0.759. The predicted octanol–water partition coefficient (Wildman–Crippen LogP) is 1.03. The van der Waals surface area contributed by atoms with Gasteiger partial charge in [-0.1, -0.05) is 13.3 Å². The number of carbonyl (C=O) groups excluding carboxylic acids is 2. The zero-order chi connectivity index (χ0) is 10.5. The van der Waals surface area contributed by atoms with E-state index >= 15 is 0 Å². The van der Waals surface area contributed by atoms with E-state index in [0.717, 1.165) is 11.5 Å². The molecule has 2 amide bonds. The number of carbonyl (C=O) groups is 2. The smallest absolute Gasteiger partial charge is 0.348 e. The molecule has 2 N–H and O–H groups in total. The van der Waals surface area contributed by atoms with Crippen LogP contribution in [0.15, 0.2) is 0 Å². The van der Waals surface area contributed by atoms with E-state index in [1.807, 2.05) is 6.92 Å². The van der Waals surface area contributed by atoms with Crippen LogP contribution >= 0.6 is 0 Å². The molecule has 0 aromatic rings. The Kier molecular flexibility index (Phi) is 4.23. The second-order valence-electron chi connectivity index (χ2n) is 3.40. The fraction of sp³-hybridized carbons (Fsp3) is 0.750. The number of hydrogen-bond donors (Lipinski definition) is 1. The van der Waals surface area contributed by atoms with Crippen molar-refractivity contribution < 1.29 is 14.4 Å². The number of nitrogens with two attached hydrogens (primary N) is 1. The van der Waals surface area contributed by atoms with E-state index in [0.29, 0.717) is 6.42 Å². The van der Waals surface area contributed by atoms with Gasteiger partial charge in [0.2, 0.25) is 0 Å². The van der Waals surface area contributed by atoms with Crippen LogP contribution < -0.4 is 5.73 Å². The van der Waals surface area contributed by atoms with Gasteiger partial charge in [0.25, 0.3) is 0 Å². The third-order valence-electron chi connectivity index (χ3n) is 1.76. The highest BCUT2D eigenvalue weighted by molar-refractivity contribution is 5.72. The average Bonchev–Trinajstić information content (AvgIpc) is 1.99. The van der Waals surface area contributed by atoms with Crippen LogP contribution in [0.4, 0.5) is 4.79 Å². The lowest BCUT2D eigenvalue weighted by Gasteiger charge is -2.33. The number of urea groups is 1. The largest absolute Gasteiger partial charge is 0.349 e. The normalized spacial score (nSPS) is 10.7. The average molecular weight is 188 g/mol. The van der Waals surface area contributed by atoms with Gasteiger partial charge in [-0.2, -0.15) is 0 Å². The summed E-state index contributed by atoms with van der Waals surface area (Å²) in [5, 5.41) is 0.892. The molecular weight excluding hydrogens is 172 g/mol. The van der Waals surface area contributed by atoms with Crippen molar-refractivity contribution in [3.05, 3.63) is 0 Å². The van der Waals surface area contributed by atoms with E-state index in [2.05, 4.69) is 4.84 Å². The summed E-state index contributed by atoms with van der Waals surface area (Å²) < 4.78 is 0. The molecule has 0 bridgehead atoms. The lowest BCUT2D eigenvalue weighted by Crippen LogP contribution is -2.49. The minimum Gasteiger partial charge on any atom is -0.349 e. The molecule has 0 aliphatic rings. The molecule has 0 fully saturated rings.